The monoisotopic (exact) mass is 220 g/mol. The van der Waals surface area contributed by atoms with E-state index in [9.17, 15) is 0 Å². The topological polar surface area (TPSA) is 29.3 Å². The van der Waals surface area contributed by atoms with Crippen molar-refractivity contribution in [2.45, 2.75) is 46.2 Å². The average molecular weight is 220 g/mol. The molecule has 0 radical (unpaired) electrons. The van der Waals surface area contributed by atoms with E-state index in [2.05, 4.69) is 50.9 Å². The molecule has 0 aliphatic heterocycles. The SMILES string of the molecule is CCC(C)(C)N(C)Cc1ccc(C)c(N)c1. The molecule has 0 spiro atoms. The summed E-state index contributed by atoms with van der Waals surface area (Å²) in [5.41, 5.74) is 9.48. The zero-order valence-electron chi connectivity index (χ0n) is 11.2. The number of benzene rings is 1. The minimum Gasteiger partial charge on any atom is -0.399 e. The lowest BCUT2D eigenvalue weighted by atomic mass is 9.99. The summed E-state index contributed by atoms with van der Waals surface area (Å²) in [5.74, 6) is 0. The lowest BCUT2D eigenvalue weighted by Crippen LogP contribution is -2.39. The molecule has 0 amide bonds. The summed E-state index contributed by atoms with van der Waals surface area (Å²) >= 11 is 0. The van der Waals surface area contributed by atoms with Crippen molar-refractivity contribution < 1.29 is 0 Å². The van der Waals surface area contributed by atoms with Crippen molar-refractivity contribution in [2.75, 3.05) is 12.8 Å². The van der Waals surface area contributed by atoms with Crippen molar-refractivity contribution in [3.8, 4) is 0 Å². The van der Waals surface area contributed by atoms with Gasteiger partial charge in [-0.15, -0.1) is 0 Å². The maximum absolute atomic E-state index is 5.92. The summed E-state index contributed by atoms with van der Waals surface area (Å²) in [6.07, 6.45) is 1.14. The number of hydrogen-bond acceptors (Lipinski definition) is 2. The highest BCUT2D eigenvalue weighted by molar-refractivity contribution is 5.48. The van der Waals surface area contributed by atoms with Gasteiger partial charge in [0.15, 0.2) is 0 Å². The molecule has 0 atom stereocenters. The van der Waals surface area contributed by atoms with Crippen molar-refractivity contribution in [3.63, 3.8) is 0 Å². The fourth-order valence-corrected chi connectivity index (χ4v) is 1.55. The Labute approximate surface area is 99.5 Å². The molecule has 0 bridgehead atoms. The van der Waals surface area contributed by atoms with Crippen LogP contribution in [0.25, 0.3) is 0 Å². The highest BCUT2D eigenvalue weighted by Crippen LogP contribution is 2.21. The molecule has 2 nitrogen and oxygen atoms in total. The van der Waals surface area contributed by atoms with Gasteiger partial charge in [-0.25, -0.2) is 0 Å². The Morgan fingerprint density at radius 3 is 2.44 bits per heavy atom. The second-order valence-corrected chi connectivity index (χ2v) is 5.21. The third-order valence-electron chi connectivity index (χ3n) is 3.66. The first-order valence-corrected chi connectivity index (χ1v) is 5.93. The predicted octanol–water partition coefficient (Wildman–Crippen LogP) is 3.20. The maximum atomic E-state index is 5.92. The van der Waals surface area contributed by atoms with E-state index in [4.69, 9.17) is 5.73 Å². The Morgan fingerprint density at radius 1 is 1.31 bits per heavy atom. The number of hydrogen-bond donors (Lipinski definition) is 1. The number of anilines is 1. The second kappa shape index (κ2) is 4.88. The Hall–Kier alpha value is -1.02. The second-order valence-electron chi connectivity index (χ2n) is 5.21. The number of aryl methyl sites for hydroxylation is 1. The van der Waals surface area contributed by atoms with Gasteiger partial charge in [0.1, 0.15) is 0 Å². The molecule has 0 aromatic heterocycles. The molecule has 0 fully saturated rings. The Morgan fingerprint density at radius 2 is 1.94 bits per heavy atom. The molecule has 90 valence electrons. The van der Waals surface area contributed by atoms with Gasteiger partial charge in [0.25, 0.3) is 0 Å². The summed E-state index contributed by atoms with van der Waals surface area (Å²) in [6, 6.07) is 6.34. The maximum Gasteiger partial charge on any atom is 0.0346 e. The van der Waals surface area contributed by atoms with Crippen LogP contribution in [0.15, 0.2) is 18.2 Å². The van der Waals surface area contributed by atoms with Crippen LogP contribution in [0, 0.1) is 6.92 Å². The zero-order valence-corrected chi connectivity index (χ0v) is 11.2. The van der Waals surface area contributed by atoms with E-state index in [-0.39, 0.29) is 5.54 Å². The van der Waals surface area contributed by atoms with Crippen LogP contribution in [0.5, 0.6) is 0 Å². The van der Waals surface area contributed by atoms with E-state index in [0.29, 0.717) is 0 Å². The molecule has 2 heteroatoms. The summed E-state index contributed by atoms with van der Waals surface area (Å²) < 4.78 is 0. The van der Waals surface area contributed by atoms with Gasteiger partial charge in [-0.2, -0.15) is 0 Å². The molecule has 2 N–H and O–H groups in total. The standard InChI is InChI=1S/C14H24N2/c1-6-14(3,4)16(5)10-12-8-7-11(2)13(15)9-12/h7-9H,6,10,15H2,1-5H3. The van der Waals surface area contributed by atoms with Gasteiger partial charge in [0, 0.05) is 17.8 Å². The molecule has 0 aliphatic rings. The third kappa shape index (κ3) is 2.99. The van der Waals surface area contributed by atoms with Gasteiger partial charge in [-0.05, 0) is 51.4 Å². The fraction of sp³-hybridized carbons (Fsp3) is 0.571. The predicted molar refractivity (Wildman–Crippen MR) is 71.4 cm³/mol. The summed E-state index contributed by atoms with van der Waals surface area (Å²) in [6.45, 7) is 9.75. The highest BCUT2D eigenvalue weighted by Gasteiger charge is 2.20. The van der Waals surface area contributed by atoms with Crippen LogP contribution in [0.3, 0.4) is 0 Å². The Bertz CT molecular complexity index is 356. The smallest absolute Gasteiger partial charge is 0.0346 e. The number of nitrogens with two attached hydrogens (primary N) is 1. The van der Waals surface area contributed by atoms with Crippen LogP contribution in [0.1, 0.15) is 38.3 Å². The van der Waals surface area contributed by atoms with Gasteiger partial charge < -0.3 is 5.73 Å². The summed E-state index contributed by atoms with van der Waals surface area (Å²) in [7, 11) is 2.17. The lowest BCUT2D eigenvalue weighted by Gasteiger charge is -2.35. The minimum absolute atomic E-state index is 0.236. The molecule has 0 heterocycles. The zero-order chi connectivity index (χ0) is 12.3. The van der Waals surface area contributed by atoms with Gasteiger partial charge in [-0.1, -0.05) is 19.1 Å². The molecule has 16 heavy (non-hydrogen) atoms. The quantitative estimate of drug-likeness (QED) is 0.790. The number of nitrogen functional groups attached to an aromatic ring is 1. The number of nitrogens with zero attached hydrogens (tertiary/aromatic N) is 1. The molecule has 1 aromatic carbocycles. The molecule has 0 saturated carbocycles. The van der Waals surface area contributed by atoms with Gasteiger partial charge in [0.2, 0.25) is 0 Å². The molecule has 1 aromatic rings. The van der Waals surface area contributed by atoms with Gasteiger partial charge in [0.05, 0.1) is 0 Å². The minimum atomic E-state index is 0.236. The largest absolute Gasteiger partial charge is 0.399 e. The summed E-state index contributed by atoms with van der Waals surface area (Å²) in [4.78, 5) is 2.37. The van der Waals surface area contributed by atoms with Gasteiger partial charge >= 0.3 is 0 Å². The van der Waals surface area contributed by atoms with Crippen LogP contribution in [-0.4, -0.2) is 17.5 Å². The van der Waals surface area contributed by atoms with Crippen molar-refractivity contribution in [1.82, 2.24) is 4.90 Å². The molecular formula is C14H24N2. The van der Waals surface area contributed by atoms with E-state index in [1.54, 1.807) is 0 Å². The van der Waals surface area contributed by atoms with Crippen LogP contribution in [0.2, 0.25) is 0 Å². The van der Waals surface area contributed by atoms with Crippen molar-refractivity contribution in [1.29, 1.82) is 0 Å². The van der Waals surface area contributed by atoms with Crippen LogP contribution in [-0.2, 0) is 6.54 Å². The highest BCUT2D eigenvalue weighted by atomic mass is 15.2. The summed E-state index contributed by atoms with van der Waals surface area (Å²) in [5, 5.41) is 0. The Kier molecular flexibility index (Phi) is 3.98. The third-order valence-corrected chi connectivity index (χ3v) is 3.66. The van der Waals surface area contributed by atoms with E-state index >= 15 is 0 Å². The molecule has 0 saturated heterocycles. The molecule has 0 aliphatic carbocycles. The van der Waals surface area contributed by atoms with E-state index in [1.165, 1.54) is 5.56 Å². The van der Waals surface area contributed by atoms with E-state index < -0.39 is 0 Å². The van der Waals surface area contributed by atoms with Crippen molar-refractivity contribution in [2.24, 2.45) is 0 Å². The van der Waals surface area contributed by atoms with Crippen molar-refractivity contribution >= 4 is 5.69 Å². The molecule has 0 unspecified atom stereocenters. The first kappa shape index (κ1) is 13.0. The molecule has 1 rings (SSSR count). The Balaban J connectivity index is 2.77. The first-order chi connectivity index (χ1) is 7.36. The van der Waals surface area contributed by atoms with Crippen molar-refractivity contribution in [3.05, 3.63) is 29.3 Å². The average Bonchev–Trinajstić information content (AvgIpc) is 2.23. The van der Waals surface area contributed by atoms with E-state index in [0.717, 1.165) is 24.2 Å². The normalized spacial score (nSPS) is 12.1. The van der Waals surface area contributed by atoms with Crippen LogP contribution < -0.4 is 5.73 Å². The number of rotatable bonds is 4. The van der Waals surface area contributed by atoms with E-state index in [1.807, 2.05) is 6.92 Å². The lowest BCUT2D eigenvalue weighted by molar-refractivity contribution is 0.143. The van der Waals surface area contributed by atoms with Gasteiger partial charge in [-0.3, -0.25) is 4.90 Å². The van der Waals surface area contributed by atoms with Crippen LogP contribution >= 0.6 is 0 Å². The molecular weight excluding hydrogens is 196 g/mol. The first-order valence-electron chi connectivity index (χ1n) is 5.93. The van der Waals surface area contributed by atoms with Crippen LogP contribution in [0.4, 0.5) is 5.69 Å². The fourth-order valence-electron chi connectivity index (χ4n) is 1.55.